The van der Waals surface area contributed by atoms with Gasteiger partial charge in [-0.15, -0.1) is 0 Å². The highest BCUT2D eigenvalue weighted by molar-refractivity contribution is 9.08. The molecule has 0 bridgehead atoms. The molecule has 0 aliphatic heterocycles. The summed E-state index contributed by atoms with van der Waals surface area (Å²) in [7, 11) is 0. The average Bonchev–Trinajstić information content (AvgIpc) is 2.08. The lowest BCUT2D eigenvalue weighted by Gasteiger charge is -2.13. The first-order valence-electron chi connectivity index (χ1n) is 4.32. The number of hydrogen-bond acceptors (Lipinski definition) is 2. The Kier molecular flexibility index (Phi) is 3.72. The third-order valence-corrected chi connectivity index (χ3v) is 2.28. The second-order valence-corrected chi connectivity index (χ2v) is 3.74. The highest BCUT2D eigenvalue weighted by Gasteiger charge is 2.06. The van der Waals surface area contributed by atoms with Crippen LogP contribution in [0, 0.1) is 6.92 Å². The molecule has 1 rings (SSSR count). The normalized spacial score (nSPS) is 10.5. The summed E-state index contributed by atoms with van der Waals surface area (Å²) in [6.07, 6.45) is 1.99. The third-order valence-electron chi connectivity index (χ3n) is 1.75. The Morgan fingerprint density at radius 1 is 1.54 bits per heavy atom. The van der Waals surface area contributed by atoms with E-state index in [0.29, 0.717) is 0 Å². The van der Waals surface area contributed by atoms with Crippen molar-refractivity contribution in [3.63, 3.8) is 0 Å². The van der Waals surface area contributed by atoms with Crippen molar-refractivity contribution in [3.8, 4) is 5.75 Å². The van der Waals surface area contributed by atoms with Crippen molar-refractivity contribution in [2.45, 2.75) is 32.2 Å². The molecule has 1 aromatic rings. The number of nitrogens with zero attached hydrogens (tertiary/aromatic N) is 1. The van der Waals surface area contributed by atoms with Crippen LogP contribution in [0.3, 0.4) is 0 Å². The molecule has 0 fully saturated rings. The van der Waals surface area contributed by atoms with E-state index in [9.17, 15) is 0 Å². The van der Waals surface area contributed by atoms with Crippen molar-refractivity contribution in [3.05, 3.63) is 23.5 Å². The maximum absolute atomic E-state index is 5.63. The monoisotopic (exact) mass is 243 g/mol. The number of pyridine rings is 1. The highest BCUT2D eigenvalue weighted by atomic mass is 79.9. The summed E-state index contributed by atoms with van der Waals surface area (Å²) in [5.41, 5.74) is 2.16. The van der Waals surface area contributed by atoms with Gasteiger partial charge in [0, 0.05) is 17.1 Å². The van der Waals surface area contributed by atoms with Crippen molar-refractivity contribution in [2.75, 3.05) is 0 Å². The average molecular weight is 244 g/mol. The molecule has 13 heavy (non-hydrogen) atoms. The van der Waals surface area contributed by atoms with Gasteiger partial charge in [0.05, 0.1) is 11.8 Å². The number of rotatable bonds is 3. The highest BCUT2D eigenvalue weighted by Crippen LogP contribution is 2.21. The quantitative estimate of drug-likeness (QED) is 0.762. The summed E-state index contributed by atoms with van der Waals surface area (Å²) in [6, 6.07) is 1.90. The largest absolute Gasteiger partial charge is 0.491 e. The fourth-order valence-corrected chi connectivity index (χ4v) is 1.64. The molecule has 0 spiro atoms. The fourth-order valence-electron chi connectivity index (χ4n) is 1.08. The number of hydrogen-bond donors (Lipinski definition) is 0. The van der Waals surface area contributed by atoms with Crippen LogP contribution in [0.1, 0.15) is 25.1 Å². The minimum absolute atomic E-state index is 0.212. The summed E-state index contributed by atoms with van der Waals surface area (Å²) in [5, 5.41) is 0.772. The van der Waals surface area contributed by atoms with Crippen LogP contribution in [0.2, 0.25) is 0 Å². The molecule has 0 aromatic carbocycles. The number of aromatic nitrogens is 1. The van der Waals surface area contributed by atoms with Crippen LogP contribution in [-0.2, 0) is 5.33 Å². The lowest BCUT2D eigenvalue weighted by atomic mass is 10.2. The molecule has 0 radical (unpaired) electrons. The van der Waals surface area contributed by atoms with Gasteiger partial charge in [0.2, 0.25) is 0 Å². The van der Waals surface area contributed by atoms with Gasteiger partial charge in [-0.05, 0) is 26.8 Å². The molecule has 1 aromatic heterocycles. The predicted octanol–water partition coefficient (Wildman–Crippen LogP) is 3.07. The smallest absolute Gasteiger partial charge is 0.125 e. The van der Waals surface area contributed by atoms with Crippen LogP contribution < -0.4 is 4.74 Å². The lowest BCUT2D eigenvalue weighted by Crippen LogP contribution is -2.07. The Morgan fingerprint density at radius 2 is 2.23 bits per heavy atom. The van der Waals surface area contributed by atoms with Gasteiger partial charge < -0.3 is 4.74 Å². The van der Waals surface area contributed by atoms with E-state index in [0.717, 1.165) is 22.3 Å². The summed E-state index contributed by atoms with van der Waals surface area (Å²) >= 11 is 3.39. The summed E-state index contributed by atoms with van der Waals surface area (Å²) < 4.78 is 5.63. The fraction of sp³-hybridized carbons (Fsp3) is 0.500. The van der Waals surface area contributed by atoms with Crippen LogP contribution in [-0.4, -0.2) is 11.1 Å². The predicted molar refractivity (Wildman–Crippen MR) is 57.4 cm³/mol. The van der Waals surface area contributed by atoms with E-state index in [2.05, 4.69) is 20.9 Å². The molecule has 2 nitrogen and oxygen atoms in total. The summed E-state index contributed by atoms with van der Waals surface area (Å²) in [5.74, 6) is 0.930. The molecular weight excluding hydrogens is 230 g/mol. The van der Waals surface area contributed by atoms with Gasteiger partial charge in [-0.3, -0.25) is 4.98 Å². The van der Waals surface area contributed by atoms with Gasteiger partial charge in [-0.25, -0.2) is 0 Å². The van der Waals surface area contributed by atoms with Gasteiger partial charge in [-0.2, -0.15) is 0 Å². The molecule has 0 amide bonds. The molecule has 72 valence electrons. The molecule has 0 N–H and O–H groups in total. The van der Waals surface area contributed by atoms with Gasteiger partial charge in [0.1, 0.15) is 5.75 Å². The lowest BCUT2D eigenvalue weighted by molar-refractivity contribution is 0.240. The van der Waals surface area contributed by atoms with Crippen molar-refractivity contribution in [1.29, 1.82) is 0 Å². The third kappa shape index (κ3) is 2.69. The van der Waals surface area contributed by atoms with E-state index in [1.807, 2.05) is 26.8 Å². The molecule has 3 heteroatoms. The Labute approximate surface area is 87.5 Å². The minimum Gasteiger partial charge on any atom is -0.491 e. The van der Waals surface area contributed by atoms with E-state index >= 15 is 0 Å². The number of ether oxygens (including phenoxy) is 1. The van der Waals surface area contributed by atoms with Crippen molar-refractivity contribution in [2.24, 2.45) is 0 Å². The Morgan fingerprint density at radius 3 is 2.77 bits per heavy atom. The second kappa shape index (κ2) is 4.61. The standard InChI is InChI=1S/C10H14BrNO/c1-7(2)13-10-4-5-12-9(6-11)8(10)3/h4-5,7H,6H2,1-3H3. The molecule has 0 saturated carbocycles. The van der Waals surface area contributed by atoms with Crippen molar-refractivity contribution >= 4 is 15.9 Å². The molecular formula is C10H14BrNO. The van der Waals surface area contributed by atoms with Crippen LogP contribution in [0.4, 0.5) is 0 Å². The van der Waals surface area contributed by atoms with Crippen LogP contribution in [0.15, 0.2) is 12.3 Å². The second-order valence-electron chi connectivity index (χ2n) is 3.18. The molecule has 0 saturated heterocycles. The van der Waals surface area contributed by atoms with E-state index in [-0.39, 0.29) is 6.10 Å². The molecule has 0 aliphatic carbocycles. The van der Waals surface area contributed by atoms with Crippen LogP contribution in [0.25, 0.3) is 0 Å². The number of alkyl halides is 1. The van der Waals surface area contributed by atoms with E-state index in [4.69, 9.17) is 4.74 Å². The summed E-state index contributed by atoms with van der Waals surface area (Å²) in [6.45, 7) is 6.07. The van der Waals surface area contributed by atoms with E-state index in [1.54, 1.807) is 6.20 Å². The van der Waals surface area contributed by atoms with E-state index in [1.165, 1.54) is 0 Å². The zero-order valence-electron chi connectivity index (χ0n) is 8.17. The Hall–Kier alpha value is -0.570. The first kappa shape index (κ1) is 10.5. The van der Waals surface area contributed by atoms with Crippen molar-refractivity contribution in [1.82, 2.24) is 4.98 Å². The molecule has 0 atom stereocenters. The van der Waals surface area contributed by atoms with E-state index < -0.39 is 0 Å². The Bertz CT molecular complexity index is 286. The molecule has 1 heterocycles. The minimum atomic E-state index is 0.212. The zero-order valence-corrected chi connectivity index (χ0v) is 9.76. The topological polar surface area (TPSA) is 22.1 Å². The zero-order chi connectivity index (χ0) is 9.84. The molecule has 0 unspecified atom stereocenters. The maximum atomic E-state index is 5.63. The first-order valence-corrected chi connectivity index (χ1v) is 5.44. The van der Waals surface area contributed by atoms with Gasteiger partial charge in [-0.1, -0.05) is 15.9 Å². The van der Waals surface area contributed by atoms with Crippen LogP contribution in [0.5, 0.6) is 5.75 Å². The summed E-state index contributed by atoms with van der Waals surface area (Å²) in [4.78, 5) is 4.24. The first-order chi connectivity index (χ1) is 6.15. The van der Waals surface area contributed by atoms with Gasteiger partial charge >= 0.3 is 0 Å². The van der Waals surface area contributed by atoms with Gasteiger partial charge in [0.15, 0.2) is 0 Å². The Balaban J connectivity index is 2.94. The van der Waals surface area contributed by atoms with Crippen LogP contribution >= 0.6 is 15.9 Å². The van der Waals surface area contributed by atoms with Gasteiger partial charge in [0.25, 0.3) is 0 Å². The SMILES string of the molecule is Cc1c(OC(C)C)ccnc1CBr. The maximum Gasteiger partial charge on any atom is 0.125 e. The van der Waals surface area contributed by atoms with Crippen molar-refractivity contribution < 1.29 is 4.74 Å². The molecule has 0 aliphatic rings. The number of halogens is 1.